The maximum Gasteiger partial charge on any atom is 0.0438 e. The molecule has 1 N–H and O–H groups in total. The second-order valence-corrected chi connectivity index (χ2v) is 5.45. The van der Waals surface area contributed by atoms with Gasteiger partial charge < -0.3 is 5.32 Å². The summed E-state index contributed by atoms with van der Waals surface area (Å²) in [5.41, 5.74) is 4.99. The summed E-state index contributed by atoms with van der Waals surface area (Å²) >= 11 is 6.21. The highest BCUT2D eigenvalue weighted by atomic mass is 35.5. The molecular weight excluding hydrogens is 254 g/mol. The maximum absolute atomic E-state index is 6.21. The topological polar surface area (TPSA) is 12.0 Å². The lowest BCUT2D eigenvalue weighted by Gasteiger charge is -2.18. The van der Waals surface area contributed by atoms with Gasteiger partial charge in [-0.15, -0.1) is 0 Å². The van der Waals surface area contributed by atoms with Crippen LogP contribution in [0.3, 0.4) is 0 Å². The number of hydrogen-bond donors (Lipinski definition) is 1. The van der Waals surface area contributed by atoms with Gasteiger partial charge in [0.1, 0.15) is 0 Å². The molecular formula is C17H20ClN. The van der Waals surface area contributed by atoms with Gasteiger partial charge in [-0.3, -0.25) is 0 Å². The van der Waals surface area contributed by atoms with Crippen molar-refractivity contribution in [1.29, 1.82) is 0 Å². The Bertz CT molecular complexity index is 546. The zero-order valence-corrected chi connectivity index (χ0v) is 12.5. The molecule has 100 valence electrons. The molecule has 19 heavy (non-hydrogen) atoms. The fourth-order valence-electron chi connectivity index (χ4n) is 2.17. The minimum absolute atomic E-state index is 0.292. The number of nitrogens with one attached hydrogen (secondary N) is 1. The van der Waals surface area contributed by atoms with Crippen LogP contribution in [0, 0.1) is 13.8 Å². The fourth-order valence-corrected chi connectivity index (χ4v) is 2.36. The molecule has 1 unspecified atom stereocenters. The summed E-state index contributed by atoms with van der Waals surface area (Å²) in [6.07, 6.45) is 0.968. The smallest absolute Gasteiger partial charge is 0.0438 e. The number of aryl methyl sites for hydroxylation is 2. The van der Waals surface area contributed by atoms with Gasteiger partial charge in [0.15, 0.2) is 0 Å². The van der Waals surface area contributed by atoms with Gasteiger partial charge >= 0.3 is 0 Å². The molecule has 2 aromatic rings. The Kier molecular flexibility index (Phi) is 4.62. The first-order chi connectivity index (χ1) is 9.10. The van der Waals surface area contributed by atoms with Crippen LogP contribution in [-0.4, -0.2) is 7.05 Å². The van der Waals surface area contributed by atoms with Crippen LogP contribution in [-0.2, 0) is 6.42 Å². The molecule has 0 fully saturated rings. The Hall–Kier alpha value is -1.31. The first-order valence-electron chi connectivity index (χ1n) is 6.59. The van der Waals surface area contributed by atoms with E-state index in [-0.39, 0.29) is 0 Å². The van der Waals surface area contributed by atoms with Crippen LogP contribution in [0.25, 0.3) is 0 Å². The van der Waals surface area contributed by atoms with Crippen molar-refractivity contribution in [3.05, 3.63) is 69.7 Å². The summed E-state index contributed by atoms with van der Waals surface area (Å²) in [6, 6.07) is 15.3. The van der Waals surface area contributed by atoms with Crippen molar-refractivity contribution in [2.45, 2.75) is 26.3 Å². The molecule has 0 aromatic heterocycles. The van der Waals surface area contributed by atoms with E-state index >= 15 is 0 Å². The number of rotatable bonds is 4. The lowest BCUT2D eigenvalue weighted by Crippen LogP contribution is -2.18. The van der Waals surface area contributed by atoms with Crippen LogP contribution >= 0.6 is 11.6 Å². The van der Waals surface area contributed by atoms with Crippen molar-refractivity contribution in [3.63, 3.8) is 0 Å². The molecule has 0 bridgehead atoms. The molecule has 0 aliphatic carbocycles. The number of hydrogen-bond acceptors (Lipinski definition) is 1. The van der Waals surface area contributed by atoms with Gasteiger partial charge in [0, 0.05) is 11.1 Å². The van der Waals surface area contributed by atoms with Crippen LogP contribution in [0.4, 0.5) is 0 Å². The summed E-state index contributed by atoms with van der Waals surface area (Å²) < 4.78 is 0. The normalized spacial score (nSPS) is 12.4. The van der Waals surface area contributed by atoms with Crippen LogP contribution < -0.4 is 5.32 Å². The van der Waals surface area contributed by atoms with E-state index in [1.807, 2.05) is 14.0 Å². The zero-order chi connectivity index (χ0) is 13.8. The molecule has 2 aromatic carbocycles. The van der Waals surface area contributed by atoms with E-state index in [0.717, 1.165) is 17.0 Å². The van der Waals surface area contributed by atoms with E-state index in [1.165, 1.54) is 16.7 Å². The third-order valence-electron chi connectivity index (χ3n) is 3.51. The Morgan fingerprint density at radius 1 is 1.05 bits per heavy atom. The molecule has 0 saturated carbocycles. The van der Waals surface area contributed by atoms with Crippen molar-refractivity contribution in [2.24, 2.45) is 0 Å². The molecule has 0 spiro atoms. The summed E-state index contributed by atoms with van der Waals surface area (Å²) in [6.45, 7) is 4.14. The predicted molar refractivity (Wildman–Crippen MR) is 82.9 cm³/mol. The first kappa shape index (κ1) is 14.1. The van der Waals surface area contributed by atoms with E-state index in [4.69, 9.17) is 11.6 Å². The molecule has 0 saturated heterocycles. The minimum Gasteiger partial charge on any atom is -0.313 e. The van der Waals surface area contributed by atoms with Crippen molar-refractivity contribution in [1.82, 2.24) is 5.32 Å². The molecule has 0 aliphatic rings. The van der Waals surface area contributed by atoms with Gasteiger partial charge in [-0.1, -0.05) is 53.6 Å². The summed E-state index contributed by atoms with van der Waals surface area (Å²) in [5.74, 6) is 0. The molecule has 0 amide bonds. The Balaban J connectivity index is 2.19. The standard InChI is InChI=1S/C17H20ClN/c1-12-4-7-14(8-5-12)10-17(19-3)15-9-6-13(2)16(18)11-15/h4-9,11,17,19H,10H2,1-3H3. The minimum atomic E-state index is 0.292. The van der Waals surface area contributed by atoms with Gasteiger partial charge in [-0.05, 0) is 50.1 Å². The van der Waals surface area contributed by atoms with Gasteiger partial charge in [0.25, 0.3) is 0 Å². The summed E-state index contributed by atoms with van der Waals surface area (Å²) in [7, 11) is 1.99. The van der Waals surface area contributed by atoms with Crippen molar-refractivity contribution in [3.8, 4) is 0 Å². The van der Waals surface area contributed by atoms with Crippen LogP contribution in [0.2, 0.25) is 5.02 Å². The first-order valence-corrected chi connectivity index (χ1v) is 6.97. The Morgan fingerprint density at radius 3 is 2.32 bits per heavy atom. The molecule has 1 nitrogen and oxygen atoms in total. The van der Waals surface area contributed by atoms with Gasteiger partial charge in [0.05, 0.1) is 0 Å². The second-order valence-electron chi connectivity index (χ2n) is 5.04. The monoisotopic (exact) mass is 273 g/mol. The highest BCUT2D eigenvalue weighted by Gasteiger charge is 2.11. The van der Waals surface area contributed by atoms with E-state index < -0.39 is 0 Å². The number of likely N-dealkylation sites (N-methyl/N-ethyl adjacent to an activating group) is 1. The number of benzene rings is 2. The lowest BCUT2D eigenvalue weighted by molar-refractivity contribution is 0.592. The maximum atomic E-state index is 6.21. The molecule has 2 rings (SSSR count). The Morgan fingerprint density at radius 2 is 1.74 bits per heavy atom. The van der Waals surface area contributed by atoms with Crippen LogP contribution in [0.15, 0.2) is 42.5 Å². The summed E-state index contributed by atoms with van der Waals surface area (Å²) in [5, 5.41) is 4.20. The van der Waals surface area contributed by atoms with Crippen LogP contribution in [0.1, 0.15) is 28.3 Å². The zero-order valence-electron chi connectivity index (χ0n) is 11.7. The molecule has 0 radical (unpaired) electrons. The third kappa shape index (κ3) is 3.59. The van der Waals surface area contributed by atoms with E-state index in [2.05, 4.69) is 54.7 Å². The SMILES string of the molecule is CNC(Cc1ccc(C)cc1)c1ccc(C)c(Cl)c1. The molecule has 0 heterocycles. The largest absolute Gasteiger partial charge is 0.313 e. The van der Waals surface area contributed by atoms with Gasteiger partial charge in [-0.2, -0.15) is 0 Å². The quantitative estimate of drug-likeness (QED) is 0.867. The molecule has 1 atom stereocenters. The van der Waals surface area contributed by atoms with E-state index in [0.29, 0.717) is 6.04 Å². The molecule has 0 aliphatic heterocycles. The summed E-state index contributed by atoms with van der Waals surface area (Å²) in [4.78, 5) is 0. The van der Waals surface area contributed by atoms with Crippen LogP contribution in [0.5, 0.6) is 0 Å². The van der Waals surface area contributed by atoms with Gasteiger partial charge in [-0.25, -0.2) is 0 Å². The predicted octanol–water partition coefficient (Wildman–Crippen LogP) is 4.46. The Labute approximate surface area is 120 Å². The van der Waals surface area contributed by atoms with Crippen molar-refractivity contribution in [2.75, 3.05) is 7.05 Å². The average molecular weight is 274 g/mol. The third-order valence-corrected chi connectivity index (χ3v) is 3.91. The average Bonchev–Trinajstić information content (AvgIpc) is 2.41. The van der Waals surface area contributed by atoms with Crippen molar-refractivity contribution >= 4 is 11.6 Å². The lowest BCUT2D eigenvalue weighted by atomic mass is 9.97. The highest BCUT2D eigenvalue weighted by molar-refractivity contribution is 6.31. The molecule has 2 heteroatoms. The second kappa shape index (κ2) is 6.23. The van der Waals surface area contributed by atoms with E-state index in [1.54, 1.807) is 0 Å². The van der Waals surface area contributed by atoms with Gasteiger partial charge in [0.2, 0.25) is 0 Å². The van der Waals surface area contributed by atoms with E-state index in [9.17, 15) is 0 Å². The highest BCUT2D eigenvalue weighted by Crippen LogP contribution is 2.24. The fraction of sp³-hybridized carbons (Fsp3) is 0.294. The number of halogens is 1. The van der Waals surface area contributed by atoms with Crippen molar-refractivity contribution < 1.29 is 0 Å².